The van der Waals surface area contributed by atoms with Gasteiger partial charge in [0, 0.05) is 17.8 Å². The molecule has 2 aromatic heterocycles. The number of para-hydroxylation sites is 1. The third-order valence-corrected chi connectivity index (χ3v) is 2.64. The Morgan fingerprint density at radius 2 is 2.00 bits per heavy atom. The van der Waals surface area contributed by atoms with Crippen LogP contribution >= 0.6 is 0 Å². The number of H-pyrrole nitrogens is 1. The van der Waals surface area contributed by atoms with Crippen molar-refractivity contribution in [1.29, 1.82) is 0 Å². The second-order valence-electron chi connectivity index (χ2n) is 3.82. The van der Waals surface area contributed by atoms with Crippen LogP contribution in [0.3, 0.4) is 0 Å². The van der Waals surface area contributed by atoms with Gasteiger partial charge in [-0.3, -0.25) is 4.98 Å². The monoisotopic (exact) mass is 224 g/mol. The average Bonchev–Trinajstić information content (AvgIpc) is 2.89. The number of ether oxygens (including phenoxy) is 1. The summed E-state index contributed by atoms with van der Waals surface area (Å²) in [5, 5.41) is 1.09. The largest absolute Gasteiger partial charge is 0.485 e. The molecule has 3 aromatic rings. The lowest BCUT2D eigenvalue weighted by Crippen LogP contribution is -1.96. The van der Waals surface area contributed by atoms with Crippen molar-refractivity contribution in [2.24, 2.45) is 0 Å². The molecule has 2 heterocycles. The van der Waals surface area contributed by atoms with Crippen molar-refractivity contribution >= 4 is 10.9 Å². The highest BCUT2D eigenvalue weighted by Crippen LogP contribution is 2.23. The Balaban J connectivity index is 1.90. The fourth-order valence-electron chi connectivity index (χ4n) is 1.81. The molecule has 0 spiro atoms. The molecule has 0 aliphatic heterocycles. The first-order valence-corrected chi connectivity index (χ1v) is 5.52. The van der Waals surface area contributed by atoms with Crippen LogP contribution in [-0.4, -0.2) is 9.97 Å². The number of rotatable bonds is 3. The van der Waals surface area contributed by atoms with Gasteiger partial charge in [0.1, 0.15) is 17.9 Å². The summed E-state index contributed by atoms with van der Waals surface area (Å²) < 4.78 is 5.77. The molecule has 17 heavy (non-hydrogen) atoms. The van der Waals surface area contributed by atoms with Crippen molar-refractivity contribution in [3.8, 4) is 5.75 Å². The van der Waals surface area contributed by atoms with Gasteiger partial charge in [0.25, 0.3) is 0 Å². The second-order valence-corrected chi connectivity index (χ2v) is 3.82. The first-order valence-electron chi connectivity index (χ1n) is 5.52. The van der Waals surface area contributed by atoms with Crippen LogP contribution in [0.4, 0.5) is 0 Å². The molecule has 0 saturated heterocycles. The van der Waals surface area contributed by atoms with Crippen LogP contribution in [0.2, 0.25) is 0 Å². The minimum Gasteiger partial charge on any atom is -0.485 e. The lowest BCUT2D eigenvalue weighted by Gasteiger charge is -2.07. The Morgan fingerprint density at radius 3 is 2.88 bits per heavy atom. The van der Waals surface area contributed by atoms with E-state index in [0.29, 0.717) is 6.61 Å². The van der Waals surface area contributed by atoms with E-state index < -0.39 is 0 Å². The normalized spacial score (nSPS) is 10.6. The second kappa shape index (κ2) is 4.29. The van der Waals surface area contributed by atoms with Crippen molar-refractivity contribution < 1.29 is 4.74 Å². The number of nitrogens with zero attached hydrogens (tertiary/aromatic N) is 1. The van der Waals surface area contributed by atoms with E-state index in [9.17, 15) is 0 Å². The van der Waals surface area contributed by atoms with Crippen LogP contribution < -0.4 is 4.74 Å². The summed E-state index contributed by atoms with van der Waals surface area (Å²) >= 11 is 0. The van der Waals surface area contributed by atoms with Gasteiger partial charge in [-0.05, 0) is 24.3 Å². The van der Waals surface area contributed by atoms with E-state index in [1.165, 1.54) is 0 Å². The highest BCUT2D eigenvalue weighted by molar-refractivity contribution is 5.84. The summed E-state index contributed by atoms with van der Waals surface area (Å²) in [4.78, 5) is 7.46. The van der Waals surface area contributed by atoms with Gasteiger partial charge in [-0.25, -0.2) is 0 Å². The fourth-order valence-corrected chi connectivity index (χ4v) is 1.81. The summed E-state index contributed by atoms with van der Waals surface area (Å²) in [7, 11) is 0. The summed E-state index contributed by atoms with van der Waals surface area (Å²) in [6.45, 7) is 0.530. The first-order chi connectivity index (χ1) is 8.43. The predicted octanol–water partition coefficient (Wildman–Crippen LogP) is 3.14. The Labute approximate surface area is 99.1 Å². The molecule has 0 aliphatic rings. The molecule has 0 saturated carbocycles. The highest BCUT2D eigenvalue weighted by Gasteiger charge is 2.02. The molecule has 3 rings (SSSR count). The van der Waals surface area contributed by atoms with Crippen molar-refractivity contribution in [2.45, 2.75) is 6.61 Å². The zero-order chi connectivity index (χ0) is 11.5. The summed E-state index contributed by atoms with van der Waals surface area (Å²) in [5.41, 5.74) is 1.96. The Bertz CT molecular complexity index is 612. The molecular weight excluding hydrogens is 212 g/mol. The number of benzene rings is 1. The van der Waals surface area contributed by atoms with Gasteiger partial charge in [-0.15, -0.1) is 0 Å². The van der Waals surface area contributed by atoms with E-state index in [2.05, 4.69) is 9.97 Å². The predicted molar refractivity (Wildman–Crippen MR) is 66.9 cm³/mol. The lowest BCUT2D eigenvalue weighted by molar-refractivity contribution is 0.305. The SMILES string of the molecule is c1c[nH]c(COc2cccc3cccnc23)c1. The molecule has 0 aliphatic carbocycles. The maximum absolute atomic E-state index is 5.77. The van der Waals surface area contributed by atoms with Crippen LogP contribution in [0.15, 0.2) is 54.9 Å². The topological polar surface area (TPSA) is 37.9 Å². The van der Waals surface area contributed by atoms with Gasteiger partial charge in [0.15, 0.2) is 0 Å². The number of hydrogen-bond donors (Lipinski definition) is 1. The quantitative estimate of drug-likeness (QED) is 0.742. The Hall–Kier alpha value is -2.29. The summed E-state index contributed by atoms with van der Waals surface area (Å²) in [6.07, 6.45) is 3.67. The van der Waals surface area contributed by atoms with E-state index >= 15 is 0 Å². The molecule has 3 nitrogen and oxygen atoms in total. The number of hydrogen-bond acceptors (Lipinski definition) is 2. The van der Waals surface area contributed by atoms with E-state index in [4.69, 9.17) is 4.74 Å². The molecular formula is C14H12N2O. The molecule has 1 N–H and O–H groups in total. The number of aromatic nitrogens is 2. The first kappa shape index (κ1) is 9.90. The number of nitrogens with one attached hydrogen (secondary N) is 1. The molecule has 1 aromatic carbocycles. The van der Waals surface area contributed by atoms with E-state index in [-0.39, 0.29) is 0 Å². The molecule has 0 fully saturated rings. The molecule has 0 radical (unpaired) electrons. The maximum atomic E-state index is 5.77. The Kier molecular flexibility index (Phi) is 2.50. The molecule has 0 bridgehead atoms. The zero-order valence-electron chi connectivity index (χ0n) is 9.26. The molecule has 0 unspecified atom stereocenters. The molecule has 3 heteroatoms. The van der Waals surface area contributed by atoms with E-state index in [1.54, 1.807) is 6.20 Å². The van der Waals surface area contributed by atoms with Crippen molar-refractivity contribution in [2.75, 3.05) is 0 Å². The molecule has 0 amide bonds. The van der Waals surface area contributed by atoms with Crippen LogP contribution in [0.5, 0.6) is 5.75 Å². The van der Waals surface area contributed by atoms with Gasteiger partial charge in [-0.1, -0.05) is 18.2 Å². The highest BCUT2D eigenvalue weighted by atomic mass is 16.5. The van der Waals surface area contributed by atoms with Crippen molar-refractivity contribution in [3.63, 3.8) is 0 Å². The summed E-state index contributed by atoms with van der Waals surface area (Å²) in [5.74, 6) is 0.817. The number of aromatic amines is 1. The smallest absolute Gasteiger partial charge is 0.146 e. The van der Waals surface area contributed by atoms with Gasteiger partial charge in [-0.2, -0.15) is 0 Å². The maximum Gasteiger partial charge on any atom is 0.146 e. The molecule has 0 atom stereocenters. The van der Waals surface area contributed by atoms with Crippen LogP contribution in [0.25, 0.3) is 10.9 Å². The van der Waals surface area contributed by atoms with Crippen LogP contribution in [0, 0.1) is 0 Å². The molecule has 84 valence electrons. The summed E-state index contributed by atoms with van der Waals surface area (Å²) in [6, 6.07) is 13.9. The van der Waals surface area contributed by atoms with Crippen molar-refractivity contribution in [3.05, 3.63) is 60.6 Å². The number of pyridine rings is 1. The van der Waals surface area contributed by atoms with Gasteiger partial charge in [0.05, 0.1) is 5.69 Å². The lowest BCUT2D eigenvalue weighted by atomic mass is 10.2. The average molecular weight is 224 g/mol. The minimum atomic E-state index is 0.530. The Morgan fingerprint density at radius 1 is 1.06 bits per heavy atom. The van der Waals surface area contributed by atoms with E-state index in [1.807, 2.05) is 48.7 Å². The van der Waals surface area contributed by atoms with Crippen LogP contribution in [0.1, 0.15) is 5.69 Å². The standard InChI is InChI=1S/C14H12N2O/c1-4-11-5-2-9-16-14(11)13(7-1)17-10-12-6-3-8-15-12/h1-9,15H,10H2. The zero-order valence-corrected chi connectivity index (χ0v) is 9.26. The van der Waals surface area contributed by atoms with Crippen LogP contribution in [-0.2, 0) is 6.61 Å². The van der Waals surface area contributed by atoms with Gasteiger partial charge >= 0.3 is 0 Å². The van der Waals surface area contributed by atoms with Gasteiger partial charge in [0.2, 0.25) is 0 Å². The number of fused-ring (bicyclic) bond motifs is 1. The third kappa shape index (κ3) is 1.99. The van der Waals surface area contributed by atoms with E-state index in [0.717, 1.165) is 22.3 Å². The fraction of sp³-hybridized carbons (Fsp3) is 0.0714. The van der Waals surface area contributed by atoms with Crippen molar-refractivity contribution in [1.82, 2.24) is 9.97 Å². The third-order valence-electron chi connectivity index (χ3n) is 2.64. The van der Waals surface area contributed by atoms with Gasteiger partial charge < -0.3 is 9.72 Å². The minimum absolute atomic E-state index is 0.530.